The highest BCUT2D eigenvalue weighted by atomic mass is 35.5. The molecule has 0 aliphatic carbocycles. The van der Waals surface area contributed by atoms with E-state index in [-0.39, 0.29) is 5.91 Å². The summed E-state index contributed by atoms with van der Waals surface area (Å²) in [6.45, 7) is 0. The Morgan fingerprint density at radius 2 is 2.38 bits per heavy atom. The molecular weight excluding hydrogens is 188 g/mol. The van der Waals surface area contributed by atoms with E-state index in [1.807, 2.05) is 0 Å². The lowest BCUT2D eigenvalue weighted by molar-refractivity contribution is -0.115. The Balaban J connectivity index is 2.69. The van der Waals surface area contributed by atoms with Crippen molar-refractivity contribution in [2.45, 2.75) is 0 Å². The van der Waals surface area contributed by atoms with Crippen LogP contribution in [-0.2, 0) is 4.79 Å². The zero-order valence-electron chi connectivity index (χ0n) is 7.12. The molecule has 1 heterocycles. The van der Waals surface area contributed by atoms with Gasteiger partial charge in [0.2, 0.25) is 5.91 Å². The predicted molar refractivity (Wildman–Crippen MR) is 52.3 cm³/mol. The molecule has 68 valence electrons. The minimum atomic E-state index is -0.144. The lowest BCUT2D eigenvalue weighted by atomic mass is 10.2. The van der Waals surface area contributed by atoms with Gasteiger partial charge in [-0.2, -0.15) is 0 Å². The van der Waals surface area contributed by atoms with Crippen molar-refractivity contribution in [1.82, 2.24) is 10.3 Å². The van der Waals surface area contributed by atoms with Gasteiger partial charge in [-0.05, 0) is 17.7 Å². The minimum absolute atomic E-state index is 0.144. The van der Waals surface area contributed by atoms with Crippen molar-refractivity contribution >= 4 is 23.6 Å². The fourth-order valence-electron chi connectivity index (χ4n) is 0.741. The van der Waals surface area contributed by atoms with Crippen molar-refractivity contribution in [3.63, 3.8) is 0 Å². The second-order valence-corrected chi connectivity index (χ2v) is 2.75. The number of amides is 1. The predicted octanol–water partition coefficient (Wildman–Crippen LogP) is 1.49. The fraction of sp³-hybridized carbons (Fsp3) is 0.111. The van der Waals surface area contributed by atoms with E-state index in [9.17, 15) is 4.79 Å². The van der Waals surface area contributed by atoms with Crippen molar-refractivity contribution in [2.75, 3.05) is 7.05 Å². The van der Waals surface area contributed by atoms with E-state index in [2.05, 4.69) is 10.3 Å². The number of carbonyl (C=O) groups excluding carboxylic acids is 1. The van der Waals surface area contributed by atoms with Gasteiger partial charge >= 0.3 is 0 Å². The third kappa shape index (κ3) is 3.25. The highest BCUT2D eigenvalue weighted by molar-refractivity contribution is 6.29. The van der Waals surface area contributed by atoms with Gasteiger partial charge < -0.3 is 5.32 Å². The van der Waals surface area contributed by atoms with Gasteiger partial charge in [0.1, 0.15) is 5.15 Å². The number of nitrogens with zero attached hydrogens (tertiary/aromatic N) is 1. The Hall–Kier alpha value is -1.35. The summed E-state index contributed by atoms with van der Waals surface area (Å²) in [7, 11) is 1.58. The average Bonchev–Trinajstić information content (AvgIpc) is 2.16. The lowest BCUT2D eigenvalue weighted by Gasteiger charge is -1.92. The zero-order chi connectivity index (χ0) is 9.68. The Kier molecular flexibility index (Phi) is 3.46. The van der Waals surface area contributed by atoms with Crippen LogP contribution in [0.5, 0.6) is 0 Å². The van der Waals surface area contributed by atoms with Crippen molar-refractivity contribution in [3.8, 4) is 0 Å². The van der Waals surface area contributed by atoms with Gasteiger partial charge in [0.15, 0.2) is 0 Å². The SMILES string of the molecule is CNC(=O)/C=C/c1ccc(Cl)nc1. The van der Waals surface area contributed by atoms with Gasteiger partial charge in [-0.3, -0.25) is 4.79 Å². The van der Waals surface area contributed by atoms with E-state index in [1.54, 1.807) is 31.5 Å². The van der Waals surface area contributed by atoms with Crippen LogP contribution in [0.1, 0.15) is 5.56 Å². The molecule has 0 atom stereocenters. The summed E-state index contributed by atoms with van der Waals surface area (Å²) in [4.78, 5) is 14.7. The van der Waals surface area contributed by atoms with Gasteiger partial charge in [0.05, 0.1) is 0 Å². The van der Waals surface area contributed by atoms with E-state index in [0.717, 1.165) is 5.56 Å². The molecule has 1 rings (SSSR count). The van der Waals surface area contributed by atoms with Gasteiger partial charge in [-0.25, -0.2) is 4.98 Å². The van der Waals surface area contributed by atoms with Crippen LogP contribution in [0.2, 0.25) is 5.15 Å². The Morgan fingerprint density at radius 1 is 1.62 bits per heavy atom. The fourth-order valence-corrected chi connectivity index (χ4v) is 0.853. The summed E-state index contributed by atoms with van der Waals surface area (Å²) in [5.74, 6) is -0.144. The maximum atomic E-state index is 10.8. The number of rotatable bonds is 2. The lowest BCUT2D eigenvalue weighted by Crippen LogP contribution is -2.13. The summed E-state index contributed by atoms with van der Waals surface area (Å²) >= 11 is 5.59. The third-order valence-corrected chi connectivity index (χ3v) is 1.65. The average molecular weight is 197 g/mol. The molecule has 13 heavy (non-hydrogen) atoms. The molecule has 0 saturated heterocycles. The van der Waals surface area contributed by atoms with Crippen LogP contribution in [0.25, 0.3) is 6.08 Å². The molecule has 0 spiro atoms. The summed E-state index contributed by atoms with van der Waals surface area (Å²) in [5.41, 5.74) is 0.841. The molecule has 0 aromatic carbocycles. The summed E-state index contributed by atoms with van der Waals surface area (Å²) in [6.07, 6.45) is 4.70. The van der Waals surface area contributed by atoms with E-state index in [1.165, 1.54) is 6.08 Å². The van der Waals surface area contributed by atoms with Crippen molar-refractivity contribution in [3.05, 3.63) is 35.1 Å². The summed E-state index contributed by atoms with van der Waals surface area (Å²) < 4.78 is 0. The van der Waals surface area contributed by atoms with Crippen molar-refractivity contribution in [2.24, 2.45) is 0 Å². The Labute approximate surface area is 81.4 Å². The monoisotopic (exact) mass is 196 g/mol. The van der Waals surface area contributed by atoms with E-state index in [0.29, 0.717) is 5.15 Å². The molecule has 1 aromatic rings. The smallest absolute Gasteiger partial charge is 0.243 e. The van der Waals surface area contributed by atoms with Crippen molar-refractivity contribution in [1.29, 1.82) is 0 Å². The van der Waals surface area contributed by atoms with Crippen LogP contribution < -0.4 is 5.32 Å². The quantitative estimate of drug-likeness (QED) is 0.575. The molecule has 0 radical (unpaired) electrons. The number of likely N-dealkylation sites (N-methyl/N-ethyl adjacent to an activating group) is 1. The maximum Gasteiger partial charge on any atom is 0.243 e. The molecule has 4 heteroatoms. The third-order valence-electron chi connectivity index (χ3n) is 1.42. The van der Waals surface area contributed by atoms with Crippen LogP contribution in [0, 0.1) is 0 Å². The number of nitrogens with one attached hydrogen (secondary N) is 1. The number of hydrogen-bond acceptors (Lipinski definition) is 2. The highest BCUT2D eigenvalue weighted by Crippen LogP contribution is 2.06. The topological polar surface area (TPSA) is 42.0 Å². The van der Waals surface area contributed by atoms with Crippen LogP contribution in [-0.4, -0.2) is 17.9 Å². The number of aromatic nitrogens is 1. The van der Waals surface area contributed by atoms with Gasteiger partial charge in [0, 0.05) is 19.3 Å². The zero-order valence-corrected chi connectivity index (χ0v) is 7.88. The molecule has 0 bridgehead atoms. The number of halogens is 1. The van der Waals surface area contributed by atoms with Gasteiger partial charge in [-0.1, -0.05) is 17.7 Å². The van der Waals surface area contributed by atoms with Gasteiger partial charge in [-0.15, -0.1) is 0 Å². The van der Waals surface area contributed by atoms with E-state index < -0.39 is 0 Å². The molecule has 0 fully saturated rings. The molecule has 1 N–H and O–H groups in total. The second-order valence-electron chi connectivity index (χ2n) is 2.36. The number of pyridine rings is 1. The molecule has 1 amide bonds. The molecule has 0 unspecified atom stereocenters. The van der Waals surface area contributed by atoms with Crippen LogP contribution >= 0.6 is 11.6 Å². The molecular formula is C9H9ClN2O. The highest BCUT2D eigenvalue weighted by Gasteiger charge is 1.91. The van der Waals surface area contributed by atoms with Crippen LogP contribution in [0.3, 0.4) is 0 Å². The largest absolute Gasteiger partial charge is 0.356 e. The summed E-state index contributed by atoms with van der Waals surface area (Å²) in [5, 5.41) is 2.92. The van der Waals surface area contributed by atoms with Crippen LogP contribution in [0.4, 0.5) is 0 Å². The molecule has 1 aromatic heterocycles. The Morgan fingerprint density at radius 3 is 2.92 bits per heavy atom. The number of carbonyl (C=O) groups is 1. The van der Waals surface area contributed by atoms with Gasteiger partial charge in [0.25, 0.3) is 0 Å². The van der Waals surface area contributed by atoms with Crippen molar-refractivity contribution < 1.29 is 4.79 Å². The van der Waals surface area contributed by atoms with E-state index in [4.69, 9.17) is 11.6 Å². The molecule has 0 aliphatic rings. The first kappa shape index (κ1) is 9.74. The molecule has 0 saturated carbocycles. The standard InChI is InChI=1S/C9H9ClN2O/c1-11-9(13)5-3-7-2-4-8(10)12-6-7/h2-6H,1H3,(H,11,13)/b5-3+. The minimum Gasteiger partial charge on any atom is -0.356 e. The second kappa shape index (κ2) is 4.62. The Bertz CT molecular complexity index is 319. The first-order valence-corrected chi connectivity index (χ1v) is 4.11. The summed E-state index contributed by atoms with van der Waals surface area (Å²) in [6, 6.07) is 3.46. The first-order chi connectivity index (χ1) is 6.22. The normalized spacial score (nSPS) is 10.3. The first-order valence-electron chi connectivity index (χ1n) is 3.73. The number of hydrogen-bond donors (Lipinski definition) is 1. The van der Waals surface area contributed by atoms with Crippen LogP contribution in [0.15, 0.2) is 24.4 Å². The molecule has 0 aliphatic heterocycles. The maximum absolute atomic E-state index is 10.8. The molecule has 3 nitrogen and oxygen atoms in total. The van der Waals surface area contributed by atoms with E-state index >= 15 is 0 Å².